The highest BCUT2D eigenvalue weighted by molar-refractivity contribution is 7.92. The normalized spacial score (nSPS) is 14.0. The van der Waals surface area contributed by atoms with Gasteiger partial charge in [-0.3, -0.25) is 9.10 Å². The van der Waals surface area contributed by atoms with Gasteiger partial charge in [0.2, 0.25) is 5.91 Å². The third-order valence-electron chi connectivity index (χ3n) is 4.95. The average Bonchev–Trinajstić information content (AvgIpc) is 2.78. The Labute approximate surface area is 178 Å². The summed E-state index contributed by atoms with van der Waals surface area (Å²) in [7, 11) is -3.92. The van der Waals surface area contributed by atoms with Crippen molar-refractivity contribution in [2.45, 2.75) is 37.5 Å². The second-order valence-corrected chi connectivity index (χ2v) is 9.00. The van der Waals surface area contributed by atoms with Gasteiger partial charge in [0.1, 0.15) is 12.3 Å². The molecule has 6 nitrogen and oxygen atoms in total. The Hall–Kier alpha value is -2.80. The lowest BCUT2D eigenvalue weighted by atomic mass is 10.00. The summed E-state index contributed by atoms with van der Waals surface area (Å²) in [6.07, 6.45) is 6.49. The first kappa shape index (κ1) is 21.9. The summed E-state index contributed by atoms with van der Waals surface area (Å²) in [5, 5.41) is 2.87. The summed E-state index contributed by atoms with van der Waals surface area (Å²) < 4.78 is 33.2. The molecule has 0 aromatic heterocycles. The largest absolute Gasteiger partial charge is 0.494 e. The fraction of sp³-hybridized carbons (Fsp3) is 0.348. The van der Waals surface area contributed by atoms with Crippen molar-refractivity contribution in [2.75, 3.05) is 24.0 Å². The van der Waals surface area contributed by atoms with Crippen LogP contribution in [0.4, 0.5) is 5.69 Å². The number of rotatable bonds is 9. The van der Waals surface area contributed by atoms with Crippen molar-refractivity contribution in [1.29, 1.82) is 0 Å². The van der Waals surface area contributed by atoms with Crippen LogP contribution in [0.1, 0.15) is 32.6 Å². The third-order valence-corrected chi connectivity index (χ3v) is 6.74. The fourth-order valence-corrected chi connectivity index (χ4v) is 4.80. The molecule has 0 saturated heterocycles. The SMILES string of the molecule is CCOc1ccc(S(=O)(=O)N(CC(=O)NCC2=CCCCC2)c2ccccc2)cc1. The van der Waals surface area contributed by atoms with Crippen LogP contribution >= 0.6 is 0 Å². The van der Waals surface area contributed by atoms with Gasteiger partial charge in [-0.2, -0.15) is 0 Å². The van der Waals surface area contributed by atoms with Gasteiger partial charge in [0, 0.05) is 6.54 Å². The highest BCUT2D eigenvalue weighted by Crippen LogP contribution is 2.25. The van der Waals surface area contributed by atoms with Gasteiger partial charge >= 0.3 is 0 Å². The minimum Gasteiger partial charge on any atom is -0.494 e. The number of hydrogen-bond acceptors (Lipinski definition) is 4. The molecule has 0 fully saturated rings. The van der Waals surface area contributed by atoms with Gasteiger partial charge in [0.25, 0.3) is 10.0 Å². The van der Waals surface area contributed by atoms with E-state index in [1.165, 1.54) is 24.1 Å². The molecule has 0 unspecified atom stereocenters. The van der Waals surface area contributed by atoms with Crippen LogP contribution in [0.25, 0.3) is 0 Å². The molecular formula is C23H28N2O4S. The molecule has 1 N–H and O–H groups in total. The zero-order valence-electron chi connectivity index (χ0n) is 17.2. The number of nitrogens with one attached hydrogen (secondary N) is 1. The first-order valence-electron chi connectivity index (χ1n) is 10.3. The van der Waals surface area contributed by atoms with Crippen LogP contribution in [0.2, 0.25) is 0 Å². The van der Waals surface area contributed by atoms with E-state index in [9.17, 15) is 13.2 Å². The molecule has 160 valence electrons. The molecule has 1 aliphatic carbocycles. The summed E-state index contributed by atoms with van der Waals surface area (Å²) in [4.78, 5) is 12.7. The Morgan fingerprint density at radius 1 is 1.07 bits per heavy atom. The number of hydrogen-bond donors (Lipinski definition) is 1. The van der Waals surface area contributed by atoms with E-state index in [0.717, 1.165) is 23.6 Å². The summed E-state index contributed by atoms with van der Waals surface area (Å²) >= 11 is 0. The Morgan fingerprint density at radius 2 is 1.80 bits per heavy atom. The van der Waals surface area contributed by atoms with Crippen molar-refractivity contribution in [3.63, 3.8) is 0 Å². The lowest BCUT2D eigenvalue weighted by molar-refractivity contribution is -0.119. The summed E-state index contributed by atoms with van der Waals surface area (Å²) in [6.45, 7) is 2.54. The number of benzene rings is 2. The number of para-hydroxylation sites is 1. The maximum Gasteiger partial charge on any atom is 0.264 e. The molecule has 0 radical (unpaired) electrons. The van der Waals surface area contributed by atoms with E-state index < -0.39 is 10.0 Å². The molecule has 1 aliphatic rings. The molecule has 2 aromatic rings. The Bertz CT molecular complexity index is 970. The summed E-state index contributed by atoms with van der Waals surface area (Å²) in [5.74, 6) is 0.265. The zero-order valence-corrected chi connectivity index (χ0v) is 18.0. The fourth-order valence-electron chi connectivity index (χ4n) is 3.37. The molecule has 0 bridgehead atoms. The monoisotopic (exact) mass is 428 g/mol. The van der Waals surface area contributed by atoms with Crippen LogP contribution in [0.3, 0.4) is 0 Å². The van der Waals surface area contributed by atoms with Crippen molar-refractivity contribution >= 4 is 21.6 Å². The molecule has 7 heteroatoms. The van der Waals surface area contributed by atoms with Crippen LogP contribution < -0.4 is 14.4 Å². The molecule has 1 amide bonds. The molecule has 3 rings (SSSR count). The molecule has 0 atom stereocenters. The van der Waals surface area contributed by atoms with Crippen molar-refractivity contribution < 1.29 is 17.9 Å². The smallest absolute Gasteiger partial charge is 0.264 e. The molecule has 0 spiro atoms. The van der Waals surface area contributed by atoms with E-state index in [0.29, 0.717) is 24.6 Å². The van der Waals surface area contributed by atoms with Crippen molar-refractivity contribution in [1.82, 2.24) is 5.32 Å². The van der Waals surface area contributed by atoms with Crippen LogP contribution in [0.5, 0.6) is 5.75 Å². The van der Waals surface area contributed by atoms with Gasteiger partial charge in [-0.1, -0.05) is 29.8 Å². The van der Waals surface area contributed by atoms with Crippen molar-refractivity contribution in [3.8, 4) is 5.75 Å². The lowest BCUT2D eigenvalue weighted by Gasteiger charge is -2.24. The minimum absolute atomic E-state index is 0.109. The zero-order chi connectivity index (χ0) is 21.4. The van der Waals surface area contributed by atoms with Crippen LogP contribution in [-0.2, 0) is 14.8 Å². The quantitative estimate of drug-likeness (QED) is 0.615. The highest BCUT2D eigenvalue weighted by atomic mass is 32.2. The highest BCUT2D eigenvalue weighted by Gasteiger charge is 2.27. The van der Waals surface area contributed by atoms with E-state index in [2.05, 4.69) is 11.4 Å². The predicted octanol–water partition coefficient (Wildman–Crippen LogP) is 3.90. The minimum atomic E-state index is -3.92. The first-order valence-corrected chi connectivity index (χ1v) is 11.7. The summed E-state index contributed by atoms with van der Waals surface area (Å²) in [6, 6.07) is 14.9. The van der Waals surface area contributed by atoms with E-state index in [1.807, 2.05) is 6.92 Å². The lowest BCUT2D eigenvalue weighted by Crippen LogP contribution is -2.41. The van der Waals surface area contributed by atoms with Crippen molar-refractivity contribution in [2.24, 2.45) is 0 Å². The maximum absolute atomic E-state index is 13.3. The summed E-state index contributed by atoms with van der Waals surface area (Å²) in [5.41, 5.74) is 1.65. The third kappa shape index (κ3) is 5.63. The number of carbonyl (C=O) groups excluding carboxylic acids is 1. The number of nitrogens with zero attached hydrogens (tertiary/aromatic N) is 1. The van der Waals surface area contributed by atoms with E-state index in [1.54, 1.807) is 42.5 Å². The molecular weight excluding hydrogens is 400 g/mol. The topological polar surface area (TPSA) is 75.7 Å². The standard InChI is InChI=1S/C23H28N2O4S/c1-2-29-21-13-15-22(16-14-21)30(27,28)25(20-11-7-4-8-12-20)18-23(26)24-17-19-9-5-3-6-10-19/h4,7-9,11-16H,2-3,5-6,10,17-18H2,1H3,(H,24,26). The van der Waals surface area contributed by atoms with Gasteiger partial charge in [-0.25, -0.2) is 8.42 Å². The number of ether oxygens (including phenoxy) is 1. The molecule has 2 aromatic carbocycles. The number of amides is 1. The predicted molar refractivity (Wildman–Crippen MR) is 118 cm³/mol. The Balaban J connectivity index is 1.79. The van der Waals surface area contributed by atoms with E-state index >= 15 is 0 Å². The number of allylic oxidation sites excluding steroid dienone is 1. The van der Waals surface area contributed by atoms with Gasteiger partial charge in [-0.15, -0.1) is 0 Å². The molecule has 0 heterocycles. The van der Waals surface area contributed by atoms with E-state index in [4.69, 9.17) is 4.74 Å². The first-order chi connectivity index (χ1) is 14.5. The van der Waals surface area contributed by atoms with Gasteiger partial charge in [0.15, 0.2) is 0 Å². The Kier molecular flexibility index (Phi) is 7.52. The molecule has 30 heavy (non-hydrogen) atoms. The maximum atomic E-state index is 13.3. The van der Waals surface area contributed by atoms with Gasteiger partial charge in [-0.05, 0) is 69.0 Å². The number of sulfonamides is 1. The van der Waals surface area contributed by atoms with Gasteiger partial charge in [0.05, 0.1) is 17.2 Å². The molecule has 0 saturated carbocycles. The Morgan fingerprint density at radius 3 is 2.43 bits per heavy atom. The van der Waals surface area contributed by atoms with Crippen LogP contribution in [-0.4, -0.2) is 34.0 Å². The number of carbonyl (C=O) groups is 1. The number of anilines is 1. The van der Waals surface area contributed by atoms with Crippen LogP contribution in [0.15, 0.2) is 71.1 Å². The average molecular weight is 429 g/mol. The van der Waals surface area contributed by atoms with Gasteiger partial charge < -0.3 is 10.1 Å². The van der Waals surface area contributed by atoms with Crippen LogP contribution in [0, 0.1) is 0 Å². The van der Waals surface area contributed by atoms with E-state index in [-0.39, 0.29) is 17.3 Å². The second-order valence-electron chi connectivity index (χ2n) is 7.14. The molecule has 0 aliphatic heterocycles. The van der Waals surface area contributed by atoms with Crippen molar-refractivity contribution in [3.05, 3.63) is 66.2 Å². The second kappa shape index (κ2) is 10.3.